The maximum Gasteiger partial charge on any atom is 0.389 e. The van der Waals surface area contributed by atoms with E-state index in [2.05, 4.69) is 5.29 Å². The molecular weight excluding hydrogens is 213 g/mol. The Bertz CT molecular complexity index is 255. The number of ketones is 1. The first-order valence-corrected chi connectivity index (χ1v) is 4.60. The first kappa shape index (κ1) is 11.9. The van der Waals surface area contributed by atoms with E-state index in [4.69, 9.17) is 0 Å². The summed E-state index contributed by atoms with van der Waals surface area (Å²) in [4.78, 5) is 21.4. The predicted molar refractivity (Wildman–Crippen MR) is 45.8 cm³/mol. The van der Waals surface area contributed by atoms with E-state index in [-0.39, 0.29) is 6.54 Å². The molecule has 7 heteroatoms. The lowest BCUT2D eigenvalue weighted by Gasteiger charge is -2.09. The van der Waals surface area contributed by atoms with Gasteiger partial charge >= 0.3 is 6.18 Å². The van der Waals surface area contributed by atoms with Gasteiger partial charge in [0.1, 0.15) is 5.78 Å². The van der Waals surface area contributed by atoms with E-state index in [1.165, 1.54) is 0 Å². The number of nitrogens with zero attached hydrogens (tertiary/aromatic N) is 2. The Morgan fingerprint density at radius 1 is 1.47 bits per heavy atom. The number of carbonyl (C=O) groups excluding carboxylic acids is 1. The molecule has 0 aromatic rings. The highest BCUT2D eigenvalue weighted by Crippen LogP contribution is 2.25. The fourth-order valence-corrected chi connectivity index (χ4v) is 1.55. The van der Waals surface area contributed by atoms with Crippen LogP contribution in [0.25, 0.3) is 0 Å². The number of alkyl halides is 3. The number of hydrogen-bond donors (Lipinski definition) is 0. The zero-order valence-corrected chi connectivity index (χ0v) is 7.96. The molecule has 1 fully saturated rings. The second kappa shape index (κ2) is 4.59. The minimum atomic E-state index is -4.29. The highest BCUT2D eigenvalue weighted by atomic mass is 19.4. The van der Waals surface area contributed by atoms with Crippen molar-refractivity contribution in [2.75, 3.05) is 13.1 Å². The molecule has 0 spiro atoms. The van der Waals surface area contributed by atoms with Crippen LogP contribution >= 0.6 is 0 Å². The number of halogens is 3. The average molecular weight is 224 g/mol. The van der Waals surface area contributed by atoms with Gasteiger partial charge in [0.2, 0.25) is 0 Å². The van der Waals surface area contributed by atoms with Crippen molar-refractivity contribution in [2.45, 2.75) is 25.4 Å². The molecule has 1 aliphatic heterocycles. The summed E-state index contributed by atoms with van der Waals surface area (Å²) in [6.07, 6.45) is -5.46. The summed E-state index contributed by atoms with van der Waals surface area (Å²) in [6.45, 7) is 0.506. The van der Waals surface area contributed by atoms with Crippen LogP contribution in [0.15, 0.2) is 5.29 Å². The predicted octanol–water partition coefficient (Wildman–Crippen LogP) is 1.90. The summed E-state index contributed by atoms with van der Waals surface area (Å²) in [5, 5.41) is 3.80. The highest BCUT2D eigenvalue weighted by Gasteiger charge is 2.32. The maximum atomic E-state index is 11.8. The average Bonchev–Trinajstić information content (AvgIpc) is 2.61. The van der Waals surface area contributed by atoms with Crippen LogP contribution in [0.5, 0.6) is 0 Å². The van der Waals surface area contributed by atoms with Crippen molar-refractivity contribution in [3.05, 3.63) is 4.91 Å². The van der Waals surface area contributed by atoms with Crippen molar-refractivity contribution in [2.24, 2.45) is 11.2 Å². The first-order valence-electron chi connectivity index (χ1n) is 4.60. The van der Waals surface area contributed by atoms with Crippen LogP contribution in [0.1, 0.15) is 19.3 Å². The summed E-state index contributed by atoms with van der Waals surface area (Å²) < 4.78 is 35.4. The smallest absolute Gasteiger partial charge is 0.299 e. The Kier molecular flexibility index (Phi) is 3.65. The maximum absolute atomic E-state index is 11.8. The van der Waals surface area contributed by atoms with Gasteiger partial charge < -0.3 is 0 Å². The molecule has 1 aliphatic rings. The van der Waals surface area contributed by atoms with Crippen LogP contribution in [0.4, 0.5) is 13.2 Å². The van der Waals surface area contributed by atoms with E-state index in [9.17, 15) is 22.9 Å². The number of carbonyl (C=O) groups is 1. The van der Waals surface area contributed by atoms with Gasteiger partial charge in [0, 0.05) is 25.4 Å². The van der Waals surface area contributed by atoms with Gasteiger partial charge in [-0.05, 0) is 6.42 Å². The topological polar surface area (TPSA) is 49.7 Å². The summed E-state index contributed by atoms with van der Waals surface area (Å²) in [5.74, 6) is -0.900. The molecule has 0 radical (unpaired) electrons. The van der Waals surface area contributed by atoms with Gasteiger partial charge in [-0.15, -0.1) is 4.91 Å². The first-order chi connectivity index (χ1) is 6.92. The lowest BCUT2D eigenvalue weighted by molar-refractivity contribution is -0.144. The normalized spacial score (nSPS) is 21.8. The third kappa shape index (κ3) is 3.85. The Morgan fingerprint density at radius 2 is 2.13 bits per heavy atom. The Labute approximate surface area is 84.4 Å². The lowest BCUT2D eigenvalue weighted by Crippen LogP contribution is -2.20. The monoisotopic (exact) mass is 224 g/mol. The summed E-state index contributed by atoms with van der Waals surface area (Å²) >= 11 is 0. The lowest BCUT2D eigenvalue weighted by atomic mass is 10.00. The molecular formula is C8H11F3N2O2. The molecule has 0 aliphatic carbocycles. The van der Waals surface area contributed by atoms with Gasteiger partial charge in [-0.2, -0.15) is 13.2 Å². The SMILES string of the molecule is O=NN1CCC(C(=O)CCC(F)(F)F)C1. The van der Waals surface area contributed by atoms with Gasteiger partial charge in [0.25, 0.3) is 0 Å². The molecule has 1 atom stereocenters. The Hall–Kier alpha value is -1.14. The molecule has 0 bridgehead atoms. The van der Waals surface area contributed by atoms with E-state index < -0.39 is 30.7 Å². The molecule has 0 N–H and O–H groups in total. The third-order valence-electron chi connectivity index (χ3n) is 2.39. The minimum Gasteiger partial charge on any atom is -0.299 e. The van der Waals surface area contributed by atoms with E-state index in [1.54, 1.807) is 0 Å². The molecule has 0 aromatic heterocycles. The largest absolute Gasteiger partial charge is 0.389 e. The second-order valence-electron chi connectivity index (χ2n) is 3.56. The number of rotatable bonds is 4. The van der Waals surface area contributed by atoms with Crippen LogP contribution < -0.4 is 0 Å². The molecule has 0 aromatic carbocycles. The minimum absolute atomic E-state index is 0.153. The molecule has 1 saturated heterocycles. The van der Waals surface area contributed by atoms with Crippen LogP contribution in [0.3, 0.4) is 0 Å². The second-order valence-corrected chi connectivity index (χ2v) is 3.56. The van der Waals surface area contributed by atoms with Crippen LogP contribution in [0.2, 0.25) is 0 Å². The zero-order valence-electron chi connectivity index (χ0n) is 7.96. The molecule has 1 heterocycles. The molecule has 1 rings (SSSR count). The molecule has 15 heavy (non-hydrogen) atoms. The van der Waals surface area contributed by atoms with Crippen molar-refractivity contribution >= 4 is 5.78 Å². The fraction of sp³-hybridized carbons (Fsp3) is 0.875. The summed E-state index contributed by atoms with van der Waals surface area (Å²) in [6, 6.07) is 0. The number of hydrogen-bond acceptors (Lipinski definition) is 3. The van der Waals surface area contributed by atoms with Gasteiger partial charge in [0.05, 0.1) is 11.7 Å². The van der Waals surface area contributed by atoms with Gasteiger partial charge in [-0.3, -0.25) is 9.80 Å². The standard InChI is InChI=1S/C8H11F3N2O2/c9-8(10,11)3-1-7(14)6-2-4-13(5-6)12-15/h6H,1-5H2. The van der Waals surface area contributed by atoms with Crippen LogP contribution in [-0.2, 0) is 4.79 Å². The van der Waals surface area contributed by atoms with E-state index in [0.717, 1.165) is 5.01 Å². The van der Waals surface area contributed by atoms with Crippen LogP contribution in [0, 0.1) is 10.8 Å². The van der Waals surface area contributed by atoms with Crippen molar-refractivity contribution < 1.29 is 18.0 Å². The molecule has 0 saturated carbocycles. The highest BCUT2D eigenvalue weighted by molar-refractivity contribution is 5.81. The van der Waals surface area contributed by atoms with Crippen molar-refractivity contribution in [1.29, 1.82) is 0 Å². The van der Waals surface area contributed by atoms with Gasteiger partial charge in [-0.25, -0.2) is 0 Å². The molecule has 86 valence electrons. The Balaban J connectivity index is 2.33. The Morgan fingerprint density at radius 3 is 2.60 bits per heavy atom. The molecule has 4 nitrogen and oxygen atoms in total. The molecule has 1 unspecified atom stereocenters. The number of Topliss-reactive ketones (excluding diaryl/α,β-unsaturated/α-hetero) is 1. The van der Waals surface area contributed by atoms with E-state index in [1.807, 2.05) is 0 Å². The summed E-state index contributed by atoms with van der Waals surface area (Å²) in [5.41, 5.74) is 0. The van der Waals surface area contributed by atoms with Crippen molar-refractivity contribution in [1.82, 2.24) is 5.01 Å². The van der Waals surface area contributed by atoms with Crippen molar-refractivity contribution in [3.8, 4) is 0 Å². The van der Waals surface area contributed by atoms with E-state index in [0.29, 0.717) is 13.0 Å². The van der Waals surface area contributed by atoms with E-state index >= 15 is 0 Å². The van der Waals surface area contributed by atoms with Crippen LogP contribution in [-0.4, -0.2) is 30.1 Å². The third-order valence-corrected chi connectivity index (χ3v) is 2.39. The number of nitroso groups, excluding NO2 is 1. The van der Waals surface area contributed by atoms with Crippen molar-refractivity contribution in [3.63, 3.8) is 0 Å². The summed E-state index contributed by atoms with van der Waals surface area (Å²) in [7, 11) is 0. The molecule has 0 amide bonds. The van der Waals surface area contributed by atoms with Gasteiger partial charge in [0.15, 0.2) is 0 Å². The van der Waals surface area contributed by atoms with Gasteiger partial charge in [-0.1, -0.05) is 0 Å². The quantitative estimate of drug-likeness (QED) is 0.685. The zero-order chi connectivity index (χ0) is 11.5. The fourth-order valence-electron chi connectivity index (χ4n) is 1.55.